The van der Waals surface area contributed by atoms with E-state index in [9.17, 15) is 4.79 Å². The topological polar surface area (TPSA) is 80.8 Å². The van der Waals surface area contributed by atoms with Crippen LogP contribution in [0, 0.1) is 6.92 Å². The van der Waals surface area contributed by atoms with Crippen molar-refractivity contribution in [2.75, 3.05) is 44.8 Å². The van der Waals surface area contributed by atoms with E-state index >= 15 is 0 Å². The van der Waals surface area contributed by atoms with Crippen molar-refractivity contribution in [3.63, 3.8) is 0 Å². The summed E-state index contributed by atoms with van der Waals surface area (Å²) >= 11 is 0. The van der Waals surface area contributed by atoms with E-state index in [4.69, 9.17) is 19.9 Å². The summed E-state index contributed by atoms with van der Waals surface area (Å²) in [5.41, 5.74) is 4.87. The van der Waals surface area contributed by atoms with E-state index in [-0.39, 0.29) is 11.8 Å². The van der Waals surface area contributed by atoms with Crippen LogP contribution >= 0.6 is 0 Å². The molecule has 0 bridgehead atoms. The molecule has 0 N–H and O–H groups in total. The average Bonchev–Trinajstić information content (AvgIpc) is 3.53. The van der Waals surface area contributed by atoms with Crippen molar-refractivity contribution in [3.05, 3.63) is 59.9 Å². The van der Waals surface area contributed by atoms with Gasteiger partial charge in [-0.1, -0.05) is 23.8 Å². The van der Waals surface area contributed by atoms with Gasteiger partial charge in [0.2, 0.25) is 5.91 Å². The molecule has 3 aromatic heterocycles. The molecule has 0 aliphatic carbocycles. The highest BCUT2D eigenvalue weighted by Crippen LogP contribution is 2.30. The molecule has 2 aliphatic heterocycles. The first-order chi connectivity index (χ1) is 17.0. The fourth-order valence-electron chi connectivity index (χ4n) is 4.90. The highest BCUT2D eigenvalue weighted by atomic mass is 16.5. The lowest BCUT2D eigenvalue weighted by Gasteiger charge is -2.29. The summed E-state index contributed by atoms with van der Waals surface area (Å²) in [4.78, 5) is 21.3. The molecule has 2 saturated heterocycles. The molecule has 0 spiro atoms. The lowest BCUT2D eigenvalue weighted by molar-refractivity contribution is -0.132. The number of ether oxygens (including phenoxy) is 1. The maximum absolute atomic E-state index is 12.3. The molecule has 4 aromatic rings. The van der Waals surface area contributed by atoms with Gasteiger partial charge in [0.1, 0.15) is 5.82 Å². The monoisotopic (exact) mass is 471 g/mol. The van der Waals surface area contributed by atoms with Crippen LogP contribution in [0.3, 0.4) is 0 Å². The van der Waals surface area contributed by atoms with E-state index < -0.39 is 0 Å². The average molecular weight is 472 g/mol. The fraction of sp³-hybridized carbons (Fsp3) is 0.385. The van der Waals surface area contributed by atoms with Crippen LogP contribution < -0.4 is 4.90 Å². The summed E-state index contributed by atoms with van der Waals surface area (Å²) in [6.07, 6.45) is 3.34. The van der Waals surface area contributed by atoms with Gasteiger partial charge in [0.25, 0.3) is 0 Å². The molecule has 35 heavy (non-hydrogen) atoms. The zero-order valence-electron chi connectivity index (χ0n) is 20.1. The molecule has 1 atom stereocenters. The lowest BCUT2D eigenvalue weighted by atomic mass is 9.93. The van der Waals surface area contributed by atoms with Crippen LogP contribution in [0.2, 0.25) is 0 Å². The zero-order valence-corrected chi connectivity index (χ0v) is 20.1. The number of nitrogens with zero attached hydrogens (tertiary/aromatic N) is 7. The molecular formula is C26H29N7O2. The third-order valence-electron chi connectivity index (χ3n) is 6.96. The van der Waals surface area contributed by atoms with Crippen molar-refractivity contribution in [3.8, 4) is 17.1 Å². The minimum atomic E-state index is 0.110. The molecule has 1 aromatic carbocycles. The summed E-state index contributed by atoms with van der Waals surface area (Å²) in [6.45, 7) is 5.76. The largest absolute Gasteiger partial charge is 0.378 e. The Labute approximate surface area is 203 Å². The Morgan fingerprint density at radius 1 is 1.03 bits per heavy atom. The van der Waals surface area contributed by atoms with Crippen molar-refractivity contribution < 1.29 is 9.53 Å². The number of rotatable bonds is 4. The predicted molar refractivity (Wildman–Crippen MR) is 133 cm³/mol. The van der Waals surface area contributed by atoms with Gasteiger partial charge >= 0.3 is 0 Å². The number of amides is 1. The van der Waals surface area contributed by atoms with Gasteiger partial charge in [-0.3, -0.25) is 4.79 Å². The predicted octanol–water partition coefficient (Wildman–Crippen LogP) is 3.06. The Morgan fingerprint density at radius 3 is 2.69 bits per heavy atom. The second-order valence-electron chi connectivity index (χ2n) is 9.43. The van der Waals surface area contributed by atoms with E-state index in [1.165, 1.54) is 5.56 Å². The van der Waals surface area contributed by atoms with Gasteiger partial charge in [0.15, 0.2) is 11.5 Å². The van der Waals surface area contributed by atoms with Gasteiger partial charge in [0.05, 0.1) is 24.6 Å². The summed E-state index contributed by atoms with van der Waals surface area (Å²) < 4.78 is 9.33. The number of fused-ring (bicyclic) bond motifs is 1. The van der Waals surface area contributed by atoms with Crippen molar-refractivity contribution in [1.82, 2.24) is 29.3 Å². The Balaban J connectivity index is 1.41. The molecule has 9 heteroatoms. The molecule has 9 nitrogen and oxygen atoms in total. The van der Waals surface area contributed by atoms with Crippen molar-refractivity contribution in [2.45, 2.75) is 25.7 Å². The van der Waals surface area contributed by atoms with Crippen LogP contribution in [-0.4, -0.2) is 75.1 Å². The highest BCUT2D eigenvalue weighted by molar-refractivity contribution is 5.77. The molecular weight excluding hydrogens is 442 g/mol. The van der Waals surface area contributed by atoms with Crippen molar-refractivity contribution in [1.29, 1.82) is 0 Å². The molecule has 1 amide bonds. The van der Waals surface area contributed by atoms with Gasteiger partial charge in [0, 0.05) is 62.9 Å². The number of carbonyl (C=O) groups excluding carboxylic acids is 1. The summed E-state index contributed by atoms with van der Waals surface area (Å²) in [6, 6.07) is 14.4. The highest BCUT2D eigenvalue weighted by Gasteiger charge is 2.28. The number of carbonyl (C=O) groups is 1. The zero-order chi connectivity index (χ0) is 23.9. The summed E-state index contributed by atoms with van der Waals surface area (Å²) in [7, 11) is 1.86. The molecule has 5 heterocycles. The van der Waals surface area contributed by atoms with Crippen LogP contribution in [0.4, 0.5) is 5.82 Å². The molecule has 6 rings (SSSR count). The first-order valence-electron chi connectivity index (χ1n) is 12.2. The number of hydrogen-bond acceptors (Lipinski definition) is 6. The molecule has 0 radical (unpaired) electrons. The van der Waals surface area contributed by atoms with E-state index in [1.54, 1.807) is 4.90 Å². The van der Waals surface area contributed by atoms with E-state index in [2.05, 4.69) is 30.0 Å². The van der Waals surface area contributed by atoms with Crippen molar-refractivity contribution >= 4 is 17.4 Å². The second-order valence-corrected chi connectivity index (χ2v) is 9.43. The smallest absolute Gasteiger partial charge is 0.222 e. The third-order valence-corrected chi connectivity index (χ3v) is 6.96. The Hall–Kier alpha value is -3.72. The third kappa shape index (κ3) is 4.16. The molecule has 180 valence electrons. The molecule has 2 aliphatic rings. The number of hydrogen-bond donors (Lipinski definition) is 0. The number of piperidine rings is 1. The SMILES string of the molecule is Cc1cccc(-c2ccn(-c3cc(N4CCOCC4)n4nc(C5CCN(C)C(=O)C5)cc4n3)n2)c1. The van der Waals surface area contributed by atoms with E-state index in [0.29, 0.717) is 19.6 Å². The number of likely N-dealkylation sites (tertiary alicyclic amines) is 1. The maximum atomic E-state index is 12.3. The minimum absolute atomic E-state index is 0.110. The number of benzene rings is 1. The van der Waals surface area contributed by atoms with Crippen LogP contribution in [0.25, 0.3) is 22.7 Å². The fourth-order valence-corrected chi connectivity index (χ4v) is 4.90. The van der Waals surface area contributed by atoms with Gasteiger partial charge in [-0.2, -0.15) is 14.7 Å². The van der Waals surface area contributed by atoms with Gasteiger partial charge < -0.3 is 14.5 Å². The normalized spacial score (nSPS) is 19.0. The van der Waals surface area contributed by atoms with Gasteiger partial charge in [-0.15, -0.1) is 0 Å². The van der Waals surface area contributed by atoms with Crippen LogP contribution in [0.5, 0.6) is 0 Å². The maximum Gasteiger partial charge on any atom is 0.222 e. The second kappa shape index (κ2) is 8.81. The number of aryl methyl sites for hydroxylation is 1. The summed E-state index contributed by atoms with van der Waals surface area (Å²) in [5.74, 6) is 1.98. The van der Waals surface area contributed by atoms with Gasteiger partial charge in [-0.25, -0.2) is 9.67 Å². The standard InChI is InChI=1S/C26H29N7O2/c1-18-4-3-5-19(14-18)21-7-9-32(28-21)23-17-25(31-10-12-35-13-11-31)33-24(27-23)16-22(29-33)20-6-8-30(2)26(34)15-20/h3-5,7,9,14,16-17,20H,6,8,10-13,15H2,1-2H3. The number of morpholine rings is 1. The van der Waals surface area contributed by atoms with E-state index in [1.807, 2.05) is 46.7 Å². The Kier molecular flexibility index (Phi) is 5.49. The molecule has 0 saturated carbocycles. The van der Waals surface area contributed by atoms with Crippen molar-refractivity contribution in [2.24, 2.45) is 0 Å². The number of aromatic nitrogens is 5. The van der Waals surface area contributed by atoms with Crippen LogP contribution in [-0.2, 0) is 9.53 Å². The number of anilines is 1. The van der Waals surface area contributed by atoms with Crippen LogP contribution in [0.15, 0.2) is 48.7 Å². The Morgan fingerprint density at radius 2 is 1.89 bits per heavy atom. The molecule has 2 fully saturated rings. The van der Waals surface area contributed by atoms with E-state index in [0.717, 1.165) is 60.3 Å². The first-order valence-corrected chi connectivity index (χ1v) is 12.2. The van der Waals surface area contributed by atoms with Gasteiger partial charge in [-0.05, 0) is 25.5 Å². The molecule has 1 unspecified atom stereocenters. The lowest BCUT2D eigenvalue weighted by Crippen LogP contribution is -2.37. The first kappa shape index (κ1) is 21.8. The Bertz CT molecular complexity index is 1390. The van der Waals surface area contributed by atoms with Crippen LogP contribution in [0.1, 0.15) is 30.0 Å². The minimum Gasteiger partial charge on any atom is -0.378 e. The quantitative estimate of drug-likeness (QED) is 0.455. The summed E-state index contributed by atoms with van der Waals surface area (Å²) in [5, 5.41) is 9.77.